The number of hydrogen-bond acceptors (Lipinski definition) is 3. The lowest BCUT2D eigenvalue weighted by atomic mass is 9.80. The second kappa shape index (κ2) is 8.03. The van der Waals surface area contributed by atoms with Crippen LogP contribution in [-0.2, 0) is 22.1 Å². The molecule has 2 aliphatic heterocycles. The summed E-state index contributed by atoms with van der Waals surface area (Å²) < 4.78 is 44.9. The van der Waals surface area contributed by atoms with Crippen LogP contribution in [0, 0.1) is 5.92 Å². The molecule has 2 fully saturated rings. The van der Waals surface area contributed by atoms with Crippen LogP contribution in [0.15, 0.2) is 24.3 Å². The van der Waals surface area contributed by atoms with E-state index in [1.165, 1.54) is 6.07 Å². The van der Waals surface area contributed by atoms with Crippen LogP contribution in [0.3, 0.4) is 0 Å². The molecule has 2 atom stereocenters. The quantitative estimate of drug-likeness (QED) is 0.841. The average molecular weight is 399 g/mol. The first-order valence-electron chi connectivity index (χ1n) is 9.88. The summed E-state index contributed by atoms with van der Waals surface area (Å²) in [6.45, 7) is 5.14. The molecule has 0 saturated carbocycles. The van der Waals surface area contributed by atoms with Crippen molar-refractivity contribution in [1.82, 2.24) is 4.90 Å². The molecule has 3 rings (SSSR count). The Morgan fingerprint density at radius 3 is 2.61 bits per heavy atom. The number of halogens is 3. The summed E-state index contributed by atoms with van der Waals surface area (Å²) in [7, 11) is 0. The van der Waals surface area contributed by atoms with E-state index in [1.807, 2.05) is 0 Å². The van der Waals surface area contributed by atoms with Gasteiger partial charge in [0, 0.05) is 19.5 Å². The van der Waals surface area contributed by atoms with Crippen LogP contribution >= 0.6 is 0 Å². The molecule has 0 aromatic heterocycles. The highest BCUT2D eigenvalue weighted by atomic mass is 19.4. The Labute approximate surface area is 163 Å². The van der Waals surface area contributed by atoms with Crippen molar-refractivity contribution in [1.29, 1.82) is 0 Å². The lowest BCUT2D eigenvalue weighted by Crippen LogP contribution is -2.54. The maximum Gasteiger partial charge on any atom is 0.416 e. The van der Waals surface area contributed by atoms with Gasteiger partial charge in [-0.25, -0.2) is 0 Å². The molecule has 4 nitrogen and oxygen atoms in total. The number of rotatable bonds is 3. The molecule has 1 spiro atoms. The molecular weight excluding hydrogens is 371 g/mol. The van der Waals surface area contributed by atoms with E-state index in [4.69, 9.17) is 4.74 Å². The predicted octanol–water partition coefficient (Wildman–Crippen LogP) is 3.81. The Morgan fingerprint density at radius 2 is 2.00 bits per heavy atom. The van der Waals surface area contributed by atoms with E-state index in [1.54, 1.807) is 11.0 Å². The van der Waals surface area contributed by atoms with Crippen molar-refractivity contribution in [2.45, 2.75) is 69.9 Å². The highest BCUT2D eigenvalue weighted by molar-refractivity contribution is 5.79. The van der Waals surface area contributed by atoms with Crippen LogP contribution < -0.4 is 0 Å². The molecule has 1 aromatic carbocycles. The minimum absolute atomic E-state index is 0.0103. The molecular formula is C21H28F3NO3. The largest absolute Gasteiger partial charge is 0.416 e. The molecule has 2 aliphatic rings. The normalized spacial score (nSPS) is 25.3. The summed E-state index contributed by atoms with van der Waals surface area (Å²) in [4.78, 5) is 14.3. The smallest absolute Gasteiger partial charge is 0.393 e. The minimum Gasteiger partial charge on any atom is -0.393 e. The van der Waals surface area contributed by atoms with Crippen LogP contribution in [0.1, 0.15) is 50.7 Å². The Hall–Kier alpha value is -1.60. The van der Waals surface area contributed by atoms with Crippen molar-refractivity contribution in [2.24, 2.45) is 5.92 Å². The van der Waals surface area contributed by atoms with Gasteiger partial charge < -0.3 is 14.7 Å². The third-order valence-corrected chi connectivity index (χ3v) is 5.89. The van der Waals surface area contributed by atoms with E-state index in [0.29, 0.717) is 50.3 Å². The number of ether oxygens (including phenoxy) is 1. The lowest BCUT2D eigenvalue weighted by Gasteiger charge is -2.48. The van der Waals surface area contributed by atoms with Gasteiger partial charge in [-0.05, 0) is 36.8 Å². The summed E-state index contributed by atoms with van der Waals surface area (Å²) >= 11 is 0. The van der Waals surface area contributed by atoms with Gasteiger partial charge in [-0.15, -0.1) is 0 Å². The van der Waals surface area contributed by atoms with Crippen molar-refractivity contribution in [3.05, 3.63) is 35.4 Å². The summed E-state index contributed by atoms with van der Waals surface area (Å²) in [5.74, 6) is 0.137. The third kappa shape index (κ3) is 4.87. The maximum atomic E-state index is 12.9. The van der Waals surface area contributed by atoms with E-state index < -0.39 is 23.4 Å². The van der Waals surface area contributed by atoms with E-state index in [-0.39, 0.29) is 18.4 Å². The van der Waals surface area contributed by atoms with Gasteiger partial charge in [-0.3, -0.25) is 4.79 Å². The Balaban J connectivity index is 1.60. The van der Waals surface area contributed by atoms with Crippen molar-refractivity contribution in [3.63, 3.8) is 0 Å². The third-order valence-electron chi connectivity index (χ3n) is 5.89. The number of aliphatic hydroxyl groups is 1. The number of piperidine rings is 1. The fraction of sp³-hybridized carbons (Fsp3) is 0.667. The van der Waals surface area contributed by atoms with Gasteiger partial charge in [0.05, 0.1) is 29.8 Å². The van der Waals surface area contributed by atoms with E-state index >= 15 is 0 Å². The van der Waals surface area contributed by atoms with Gasteiger partial charge >= 0.3 is 6.18 Å². The van der Waals surface area contributed by atoms with Gasteiger partial charge in [0.25, 0.3) is 0 Å². The predicted molar refractivity (Wildman–Crippen MR) is 98.6 cm³/mol. The zero-order valence-corrected chi connectivity index (χ0v) is 16.3. The number of nitrogens with zero attached hydrogens (tertiary/aromatic N) is 1. The highest BCUT2D eigenvalue weighted by Crippen LogP contribution is 2.39. The first-order chi connectivity index (χ1) is 13.1. The van der Waals surface area contributed by atoms with Crippen molar-refractivity contribution >= 4 is 5.91 Å². The van der Waals surface area contributed by atoms with E-state index in [0.717, 1.165) is 12.1 Å². The SMILES string of the molecule is CC(C)[C@H]1C[C@@H](O)CC2(CCN(C(=O)Cc3cccc(C(F)(F)F)c3)CC2)O1. The maximum absolute atomic E-state index is 12.9. The molecule has 1 amide bonds. The Morgan fingerprint density at radius 1 is 1.32 bits per heavy atom. The van der Waals surface area contributed by atoms with E-state index in [2.05, 4.69) is 13.8 Å². The molecule has 7 heteroatoms. The van der Waals surface area contributed by atoms with Gasteiger partial charge in [0.2, 0.25) is 5.91 Å². The molecule has 2 heterocycles. The van der Waals surface area contributed by atoms with Crippen LogP contribution in [0.4, 0.5) is 13.2 Å². The second-order valence-electron chi connectivity index (χ2n) is 8.43. The van der Waals surface area contributed by atoms with Gasteiger partial charge in [0.1, 0.15) is 0 Å². The lowest BCUT2D eigenvalue weighted by molar-refractivity contribution is -0.193. The van der Waals surface area contributed by atoms with Crippen molar-refractivity contribution in [3.8, 4) is 0 Å². The average Bonchev–Trinajstić information content (AvgIpc) is 2.61. The number of benzene rings is 1. The fourth-order valence-electron chi connectivity index (χ4n) is 4.24. The summed E-state index contributed by atoms with van der Waals surface area (Å²) in [5, 5.41) is 10.3. The standard InChI is InChI=1S/C21H28F3NO3/c1-14(2)18-12-17(26)13-20(28-18)6-8-25(9-7-20)19(27)11-15-4-3-5-16(10-15)21(22,23)24/h3-5,10,14,17-18,26H,6-9,11-13H2,1-2H3/t17-,18-/m1/s1. The molecule has 2 saturated heterocycles. The Kier molecular flexibility index (Phi) is 6.05. The molecule has 0 bridgehead atoms. The summed E-state index contributed by atoms with van der Waals surface area (Å²) in [5.41, 5.74) is -0.774. The number of carbonyl (C=O) groups is 1. The second-order valence-corrected chi connectivity index (χ2v) is 8.43. The molecule has 156 valence electrons. The fourth-order valence-corrected chi connectivity index (χ4v) is 4.24. The van der Waals surface area contributed by atoms with Gasteiger partial charge in [0.15, 0.2) is 0 Å². The molecule has 0 radical (unpaired) electrons. The van der Waals surface area contributed by atoms with E-state index in [9.17, 15) is 23.1 Å². The summed E-state index contributed by atoms with van der Waals surface area (Å²) in [6.07, 6.45) is -2.35. The number of amides is 1. The number of likely N-dealkylation sites (tertiary alicyclic amines) is 1. The van der Waals surface area contributed by atoms with Crippen molar-refractivity contribution in [2.75, 3.05) is 13.1 Å². The first kappa shape index (κ1) is 21.1. The number of hydrogen-bond donors (Lipinski definition) is 1. The Bertz CT molecular complexity index is 696. The van der Waals surface area contributed by atoms with Crippen LogP contribution in [0.2, 0.25) is 0 Å². The molecule has 1 N–H and O–H groups in total. The van der Waals surface area contributed by atoms with Crippen molar-refractivity contribution < 1.29 is 27.8 Å². The number of alkyl halides is 3. The highest BCUT2D eigenvalue weighted by Gasteiger charge is 2.44. The molecule has 1 aromatic rings. The van der Waals surface area contributed by atoms with Gasteiger partial charge in [-0.2, -0.15) is 13.2 Å². The first-order valence-corrected chi connectivity index (χ1v) is 9.88. The topological polar surface area (TPSA) is 49.8 Å². The molecule has 0 aliphatic carbocycles. The minimum atomic E-state index is -4.41. The summed E-state index contributed by atoms with van der Waals surface area (Å²) in [6, 6.07) is 4.93. The van der Waals surface area contributed by atoms with Gasteiger partial charge in [-0.1, -0.05) is 32.0 Å². The number of carbonyl (C=O) groups excluding carboxylic acids is 1. The number of aliphatic hydroxyl groups excluding tert-OH is 1. The monoisotopic (exact) mass is 399 g/mol. The molecule has 0 unspecified atom stereocenters. The van der Waals surface area contributed by atoms with Crippen LogP contribution in [-0.4, -0.2) is 46.8 Å². The molecule has 28 heavy (non-hydrogen) atoms. The zero-order chi connectivity index (χ0) is 20.5. The zero-order valence-electron chi connectivity index (χ0n) is 16.3. The van der Waals surface area contributed by atoms with Crippen LogP contribution in [0.5, 0.6) is 0 Å². The van der Waals surface area contributed by atoms with Crippen LogP contribution in [0.25, 0.3) is 0 Å².